The molecular weight excluding hydrogens is 504 g/mol. The fraction of sp³-hybridized carbons (Fsp3) is 0.200. The molecule has 8 heteroatoms. The number of anilines is 1. The third-order valence-corrected chi connectivity index (χ3v) is 5.25. The third-order valence-electron chi connectivity index (χ3n) is 4.55. The Labute approximate surface area is 207 Å². The van der Waals surface area contributed by atoms with E-state index in [0.717, 1.165) is 10.9 Å². The average Bonchev–Trinajstić information content (AvgIpc) is 2.81. The molecule has 3 aromatic carbocycles. The van der Waals surface area contributed by atoms with E-state index in [1.165, 1.54) is 5.56 Å². The zero-order chi connectivity index (χ0) is 23.5. The van der Waals surface area contributed by atoms with Gasteiger partial charge >= 0.3 is 0 Å². The van der Waals surface area contributed by atoms with Crippen LogP contribution in [0.2, 0.25) is 0 Å². The minimum Gasteiger partial charge on any atom is -0.492 e. The Morgan fingerprint density at radius 3 is 2.55 bits per heavy atom. The van der Waals surface area contributed by atoms with Crippen LogP contribution in [0, 0.1) is 0 Å². The van der Waals surface area contributed by atoms with Gasteiger partial charge in [-0.15, -0.1) is 0 Å². The van der Waals surface area contributed by atoms with Gasteiger partial charge in [-0.2, -0.15) is 0 Å². The average molecular weight is 529 g/mol. The summed E-state index contributed by atoms with van der Waals surface area (Å²) in [5, 5.41) is 5.89. The molecule has 6 nitrogen and oxygen atoms in total. The molecular formula is C25H25BrN2O4S. The number of nitrogens with one attached hydrogen (secondary N) is 2. The van der Waals surface area contributed by atoms with E-state index in [-0.39, 0.29) is 11.0 Å². The lowest BCUT2D eigenvalue weighted by Gasteiger charge is -2.14. The lowest BCUT2D eigenvalue weighted by Crippen LogP contribution is -2.34. The lowest BCUT2D eigenvalue weighted by molar-refractivity contribution is 0.0973. The van der Waals surface area contributed by atoms with Crippen LogP contribution in [0.5, 0.6) is 11.5 Å². The molecule has 0 radical (unpaired) electrons. The van der Waals surface area contributed by atoms with Gasteiger partial charge in [0.05, 0.1) is 18.8 Å². The Kier molecular flexibility index (Phi) is 9.68. The largest absolute Gasteiger partial charge is 0.492 e. The Balaban J connectivity index is 1.59. The van der Waals surface area contributed by atoms with E-state index >= 15 is 0 Å². The second kappa shape index (κ2) is 12.9. The second-order valence-electron chi connectivity index (χ2n) is 7.00. The first-order valence-corrected chi connectivity index (χ1v) is 11.6. The van der Waals surface area contributed by atoms with Gasteiger partial charge in [0, 0.05) is 29.8 Å². The minimum atomic E-state index is -0.365. The summed E-state index contributed by atoms with van der Waals surface area (Å²) in [6, 6.07) is 22.6. The summed E-state index contributed by atoms with van der Waals surface area (Å²) in [4.78, 5) is 12.9. The van der Waals surface area contributed by atoms with Crippen molar-refractivity contribution in [2.75, 3.05) is 32.2 Å². The Hall–Kier alpha value is -2.94. The van der Waals surface area contributed by atoms with Crippen molar-refractivity contribution in [3.8, 4) is 11.5 Å². The van der Waals surface area contributed by atoms with Crippen molar-refractivity contribution in [3.63, 3.8) is 0 Å². The van der Waals surface area contributed by atoms with E-state index in [2.05, 4.69) is 26.6 Å². The maximum Gasteiger partial charge on any atom is 0.261 e. The summed E-state index contributed by atoms with van der Waals surface area (Å²) in [7, 11) is 1.62. The first-order valence-electron chi connectivity index (χ1n) is 10.4. The van der Waals surface area contributed by atoms with E-state index in [1.807, 2.05) is 54.6 Å². The molecule has 3 aromatic rings. The molecule has 2 N–H and O–H groups in total. The predicted molar refractivity (Wildman–Crippen MR) is 137 cm³/mol. The van der Waals surface area contributed by atoms with E-state index in [4.69, 9.17) is 26.4 Å². The van der Waals surface area contributed by atoms with Crippen molar-refractivity contribution in [2.24, 2.45) is 0 Å². The van der Waals surface area contributed by atoms with Crippen LogP contribution >= 0.6 is 28.1 Å². The molecule has 0 spiro atoms. The standard InChI is InChI=1S/C25H25BrN2O4S/c1-30-14-15-31-21-9-5-8-20(17-21)27-25(33)28-24(29)22-16-19(26)10-11-23(22)32-13-12-18-6-3-2-4-7-18/h2-11,16-17H,12-15H2,1H3,(H2,27,28,29,33). The molecule has 33 heavy (non-hydrogen) atoms. The van der Waals surface area contributed by atoms with Gasteiger partial charge in [-0.05, 0) is 48.1 Å². The van der Waals surface area contributed by atoms with Gasteiger partial charge < -0.3 is 19.5 Å². The number of methoxy groups -OCH3 is 1. The number of rotatable bonds is 10. The quantitative estimate of drug-likeness (QED) is 0.277. The summed E-state index contributed by atoms with van der Waals surface area (Å²) < 4.78 is 17.3. The maximum atomic E-state index is 12.9. The molecule has 0 heterocycles. The summed E-state index contributed by atoms with van der Waals surface area (Å²) in [5.41, 5.74) is 2.25. The van der Waals surface area contributed by atoms with E-state index in [0.29, 0.717) is 42.6 Å². The van der Waals surface area contributed by atoms with Gasteiger partial charge in [0.2, 0.25) is 0 Å². The molecule has 0 atom stereocenters. The number of thiocarbonyl (C=S) groups is 1. The number of amides is 1. The number of hydrogen-bond donors (Lipinski definition) is 2. The van der Waals surface area contributed by atoms with Crippen LogP contribution in [0.1, 0.15) is 15.9 Å². The maximum absolute atomic E-state index is 12.9. The van der Waals surface area contributed by atoms with E-state index in [9.17, 15) is 4.79 Å². The zero-order valence-corrected chi connectivity index (χ0v) is 20.6. The zero-order valence-electron chi connectivity index (χ0n) is 18.2. The Morgan fingerprint density at radius 1 is 0.939 bits per heavy atom. The molecule has 0 bridgehead atoms. The van der Waals surface area contributed by atoms with Crippen LogP contribution in [0.3, 0.4) is 0 Å². The number of hydrogen-bond acceptors (Lipinski definition) is 5. The van der Waals surface area contributed by atoms with Crippen molar-refractivity contribution in [1.82, 2.24) is 5.32 Å². The third kappa shape index (κ3) is 8.16. The summed E-state index contributed by atoms with van der Waals surface area (Å²) in [6.45, 7) is 1.38. The van der Waals surface area contributed by atoms with Gasteiger partial charge in [0.15, 0.2) is 5.11 Å². The molecule has 0 aliphatic rings. The second-order valence-corrected chi connectivity index (χ2v) is 8.33. The molecule has 0 fully saturated rings. The number of carbonyl (C=O) groups is 1. The number of ether oxygens (including phenoxy) is 3. The fourth-order valence-corrected chi connectivity index (χ4v) is 3.54. The first-order chi connectivity index (χ1) is 16.0. The van der Waals surface area contributed by atoms with Gasteiger partial charge in [-0.1, -0.05) is 52.3 Å². The Bertz CT molecular complexity index is 1080. The molecule has 3 rings (SSSR count). The van der Waals surface area contributed by atoms with Crippen molar-refractivity contribution >= 4 is 44.9 Å². The molecule has 0 aliphatic heterocycles. The first kappa shape index (κ1) is 24.7. The smallest absolute Gasteiger partial charge is 0.261 e. The lowest BCUT2D eigenvalue weighted by atomic mass is 10.1. The summed E-state index contributed by atoms with van der Waals surface area (Å²) in [6.07, 6.45) is 0.737. The molecule has 0 saturated heterocycles. The van der Waals surface area contributed by atoms with Gasteiger partial charge in [0.25, 0.3) is 5.91 Å². The van der Waals surface area contributed by atoms with Gasteiger partial charge in [-0.25, -0.2) is 0 Å². The van der Waals surface area contributed by atoms with Crippen LogP contribution in [0.15, 0.2) is 77.3 Å². The predicted octanol–water partition coefficient (Wildman–Crippen LogP) is 5.22. The van der Waals surface area contributed by atoms with Gasteiger partial charge in [-0.3, -0.25) is 10.1 Å². The summed E-state index contributed by atoms with van der Waals surface area (Å²) >= 11 is 8.75. The van der Waals surface area contributed by atoms with Crippen LogP contribution in [0.25, 0.3) is 0 Å². The highest BCUT2D eigenvalue weighted by molar-refractivity contribution is 9.10. The van der Waals surface area contributed by atoms with E-state index < -0.39 is 0 Å². The molecule has 172 valence electrons. The Morgan fingerprint density at radius 2 is 1.76 bits per heavy atom. The van der Waals surface area contributed by atoms with Crippen molar-refractivity contribution in [1.29, 1.82) is 0 Å². The van der Waals surface area contributed by atoms with Crippen molar-refractivity contribution in [3.05, 3.63) is 88.4 Å². The minimum absolute atomic E-state index is 0.171. The van der Waals surface area contributed by atoms with Crippen molar-refractivity contribution < 1.29 is 19.0 Å². The topological polar surface area (TPSA) is 68.8 Å². The summed E-state index contributed by atoms with van der Waals surface area (Å²) in [5.74, 6) is 0.797. The number of halogens is 1. The molecule has 1 amide bonds. The highest BCUT2D eigenvalue weighted by Gasteiger charge is 2.15. The van der Waals surface area contributed by atoms with E-state index in [1.54, 1.807) is 25.3 Å². The molecule has 0 aliphatic carbocycles. The van der Waals surface area contributed by atoms with Crippen molar-refractivity contribution in [2.45, 2.75) is 6.42 Å². The highest BCUT2D eigenvalue weighted by atomic mass is 79.9. The monoisotopic (exact) mass is 528 g/mol. The number of carbonyl (C=O) groups excluding carboxylic acids is 1. The number of benzene rings is 3. The van der Waals surface area contributed by atoms with Crippen LogP contribution in [-0.4, -0.2) is 38.0 Å². The molecule has 0 saturated carbocycles. The SMILES string of the molecule is COCCOc1cccc(NC(=S)NC(=O)c2cc(Br)ccc2OCCc2ccccc2)c1. The van der Waals surface area contributed by atoms with Crippen LogP contribution in [-0.2, 0) is 11.2 Å². The fourth-order valence-electron chi connectivity index (χ4n) is 2.97. The van der Waals surface area contributed by atoms with Crippen LogP contribution < -0.4 is 20.1 Å². The van der Waals surface area contributed by atoms with Gasteiger partial charge in [0.1, 0.15) is 18.1 Å². The van der Waals surface area contributed by atoms with Crippen LogP contribution in [0.4, 0.5) is 5.69 Å². The molecule has 0 aromatic heterocycles. The molecule has 0 unspecified atom stereocenters. The normalized spacial score (nSPS) is 10.4. The highest BCUT2D eigenvalue weighted by Crippen LogP contribution is 2.24.